The van der Waals surface area contributed by atoms with Crippen molar-refractivity contribution in [1.82, 2.24) is 0 Å². The van der Waals surface area contributed by atoms with Gasteiger partial charge in [0.05, 0.1) is 27.4 Å². The molecule has 2 aromatic rings. The fourth-order valence-corrected chi connectivity index (χ4v) is 1.98. The third kappa shape index (κ3) is 6.27. The number of benzene rings is 2. The van der Waals surface area contributed by atoms with Crippen LogP contribution in [0.15, 0.2) is 36.4 Å². The molecule has 0 saturated carbocycles. The highest BCUT2D eigenvalue weighted by Crippen LogP contribution is 2.40. The average Bonchev–Trinajstić information content (AvgIpc) is 2.59. The first-order valence-corrected chi connectivity index (χ1v) is 8.08. The molecule has 134 valence electrons. The van der Waals surface area contributed by atoms with Gasteiger partial charge in [-0.2, -0.15) is 8.42 Å². The predicted molar refractivity (Wildman–Crippen MR) is 90.5 cm³/mol. The van der Waals surface area contributed by atoms with E-state index < -0.39 is 10.4 Å². The highest BCUT2D eigenvalue weighted by molar-refractivity contribution is 7.79. The lowest BCUT2D eigenvalue weighted by Crippen LogP contribution is -1.91. The third-order valence-electron chi connectivity index (χ3n) is 2.99. The number of rotatable bonds is 4. The Morgan fingerprint density at radius 2 is 1.56 bits per heavy atom. The first kappa shape index (κ1) is 20.2. The summed E-state index contributed by atoms with van der Waals surface area (Å²) >= 11 is 0. The lowest BCUT2D eigenvalue weighted by Gasteiger charge is -2.10. The van der Waals surface area contributed by atoms with Crippen LogP contribution in [0.25, 0.3) is 16.1 Å². The van der Waals surface area contributed by atoms with Crippen LogP contribution in [-0.2, 0) is 10.4 Å². The number of hydrogen-bond donors (Lipinski definition) is 2. The summed E-state index contributed by atoms with van der Waals surface area (Å²) in [5.74, 6) is 1.80. The molecule has 0 unspecified atom stereocenters. The zero-order valence-corrected chi connectivity index (χ0v) is 14.5. The van der Waals surface area contributed by atoms with Crippen LogP contribution in [0.4, 0.5) is 5.69 Å². The summed E-state index contributed by atoms with van der Waals surface area (Å²) in [4.78, 5) is 3.19. The molecular formula is C15H17N2O7S+. The highest BCUT2D eigenvalue weighted by atomic mass is 32.3. The van der Waals surface area contributed by atoms with Crippen LogP contribution in [-0.4, -0.2) is 38.9 Å². The Hall–Kier alpha value is -2.87. The third-order valence-corrected chi connectivity index (χ3v) is 2.99. The largest absolute Gasteiger partial charge is 0.497 e. The first-order chi connectivity index (χ1) is 11.7. The fraction of sp³-hybridized carbons (Fsp3) is 0.200. The van der Waals surface area contributed by atoms with E-state index in [1.54, 1.807) is 26.4 Å². The van der Waals surface area contributed by atoms with E-state index in [9.17, 15) is 0 Å². The summed E-state index contributed by atoms with van der Waals surface area (Å²) in [6.07, 6.45) is 0. The molecular weight excluding hydrogens is 352 g/mol. The summed E-state index contributed by atoms with van der Waals surface area (Å²) in [6.45, 7) is 0. The van der Waals surface area contributed by atoms with Gasteiger partial charge in [-0.15, -0.1) is 0 Å². The van der Waals surface area contributed by atoms with E-state index in [-0.39, 0.29) is 0 Å². The van der Waals surface area contributed by atoms with Crippen molar-refractivity contribution in [1.29, 1.82) is 5.39 Å². The van der Waals surface area contributed by atoms with Crippen molar-refractivity contribution >= 4 is 16.1 Å². The molecule has 2 N–H and O–H groups in total. The van der Waals surface area contributed by atoms with Crippen molar-refractivity contribution < 1.29 is 31.7 Å². The number of methoxy groups -OCH3 is 3. The average molecular weight is 369 g/mol. The van der Waals surface area contributed by atoms with Crippen molar-refractivity contribution in [2.45, 2.75) is 0 Å². The molecule has 0 spiro atoms. The van der Waals surface area contributed by atoms with Crippen molar-refractivity contribution in [3.63, 3.8) is 0 Å². The quantitative estimate of drug-likeness (QED) is 0.620. The van der Waals surface area contributed by atoms with Gasteiger partial charge in [-0.3, -0.25) is 9.11 Å². The molecule has 0 bridgehead atoms. The number of hydrogen-bond acceptors (Lipinski definition) is 6. The maximum atomic E-state index is 8.98. The summed E-state index contributed by atoms with van der Waals surface area (Å²) in [7, 11) is 0.0309. The molecule has 0 aliphatic rings. The SMILES string of the molecule is COc1cccc(-c2cc(OC)c([N+]#N)cc2OC)c1.O=S(=O)(O)O. The second kappa shape index (κ2) is 8.84. The Morgan fingerprint density at radius 3 is 2.04 bits per heavy atom. The molecule has 10 heteroatoms. The number of diazo groups is 1. The van der Waals surface area contributed by atoms with Crippen LogP contribution in [0.1, 0.15) is 0 Å². The molecule has 0 saturated heterocycles. The van der Waals surface area contributed by atoms with Crippen molar-refractivity contribution in [3.8, 4) is 28.4 Å². The van der Waals surface area contributed by atoms with Gasteiger partial charge in [0.1, 0.15) is 11.5 Å². The van der Waals surface area contributed by atoms with Crippen LogP contribution in [0.3, 0.4) is 0 Å². The highest BCUT2D eigenvalue weighted by Gasteiger charge is 2.20. The summed E-state index contributed by atoms with van der Waals surface area (Å²) in [6, 6.07) is 11.0. The minimum atomic E-state index is -4.67. The van der Waals surface area contributed by atoms with Gasteiger partial charge in [0, 0.05) is 11.6 Å². The second-order valence-electron chi connectivity index (χ2n) is 4.50. The first-order valence-electron chi connectivity index (χ1n) is 6.69. The Bertz CT molecular complexity index is 868. The predicted octanol–water partition coefficient (Wildman–Crippen LogP) is 3.21. The van der Waals surface area contributed by atoms with Gasteiger partial charge in [0.2, 0.25) is 11.1 Å². The molecule has 0 aromatic heterocycles. The maximum absolute atomic E-state index is 8.98. The Balaban J connectivity index is 0.000000550. The van der Waals surface area contributed by atoms with Gasteiger partial charge in [0.15, 0.2) is 4.98 Å². The van der Waals surface area contributed by atoms with E-state index in [1.165, 1.54) is 7.11 Å². The van der Waals surface area contributed by atoms with E-state index in [0.29, 0.717) is 17.2 Å². The molecule has 2 rings (SSSR count). The molecule has 0 aliphatic heterocycles. The summed E-state index contributed by atoms with van der Waals surface area (Å²) in [5.41, 5.74) is 2.07. The van der Waals surface area contributed by atoms with Gasteiger partial charge < -0.3 is 14.2 Å². The van der Waals surface area contributed by atoms with Gasteiger partial charge in [-0.05, 0) is 17.7 Å². The van der Waals surface area contributed by atoms with Gasteiger partial charge in [-0.1, -0.05) is 12.1 Å². The van der Waals surface area contributed by atoms with Crippen molar-refractivity contribution in [3.05, 3.63) is 41.4 Å². The molecule has 0 fully saturated rings. The van der Waals surface area contributed by atoms with E-state index in [1.807, 2.05) is 24.3 Å². The van der Waals surface area contributed by atoms with Crippen molar-refractivity contribution in [2.24, 2.45) is 0 Å². The van der Waals surface area contributed by atoms with E-state index >= 15 is 0 Å². The normalized spacial score (nSPS) is 10.1. The monoisotopic (exact) mass is 369 g/mol. The molecule has 0 atom stereocenters. The number of nitrogens with zero attached hydrogens (tertiary/aromatic N) is 2. The number of ether oxygens (including phenoxy) is 3. The molecule has 0 heterocycles. The van der Waals surface area contributed by atoms with E-state index in [2.05, 4.69) is 4.98 Å². The second-order valence-corrected chi connectivity index (χ2v) is 5.40. The Labute approximate surface area is 145 Å². The smallest absolute Gasteiger partial charge is 0.430 e. The minimum Gasteiger partial charge on any atom is -0.497 e. The molecule has 25 heavy (non-hydrogen) atoms. The van der Waals surface area contributed by atoms with Crippen LogP contribution in [0.2, 0.25) is 0 Å². The van der Waals surface area contributed by atoms with Gasteiger partial charge in [-0.25, -0.2) is 0 Å². The summed E-state index contributed by atoms with van der Waals surface area (Å²) in [5, 5.41) is 8.98. The van der Waals surface area contributed by atoms with Crippen LogP contribution >= 0.6 is 0 Å². The van der Waals surface area contributed by atoms with Crippen LogP contribution in [0.5, 0.6) is 17.2 Å². The van der Waals surface area contributed by atoms with Crippen LogP contribution < -0.4 is 14.2 Å². The molecule has 0 radical (unpaired) electrons. The lowest BCUT2D eigenvalue weighted by molar-refractivity contribution is 0.381. The van der Waals surface area contributed by atoms with Gasteiger partial charge in [0.25, 0.3) is 0 Å². The Morgan fingerprint density at radius 1 is 0.960 bits per heavy atom. The Kier molecular flexibility index (Phi) is 7.13. The maximum Gasteiger partial charge on any atom is 0.430 e. The zero-order chi connectivity index (χ0) is 19.0. The molecule has 9 nitrogen and oxygen atoms in total. The van der Waals surface area contributed by atoms with E-state index in [0.717, 1.165) is 16.9 Å². The van der Waals surface area contributed by atoms with Crippen LogP contribution in [0, 0.1) is 5.39 Å². The molecule has 2 aromatic carbocycles. The standard InChI is InChI=1S/C15H15N2O3.H2O4S/c1-18-11-6-4-5-10(7-11)12-8-15(20-3)13(17-16)9-14(12)19-2;1-5(2,3)4/h4-9H,1-3H3;(H2,1,2,3,4)/q+1;. The fourth-order valence-electron chi connectivity index (χ4n) is 1.98. The van der Waals surface area contributed by atoms with E-state index in [4.69, 9.17) is 37.1 Å². The summed E-state index contributed by atoms with van der Waals surface area (Å²) < 4.78 is 47.4. The zero-order valence-electron chi connectivity index (χ0n) is 13.7. The topological polar surface area (TPSA) is 130 Å². The van der Waals surface area contributed by atoms with Gasteiger partial charge >= 0.3 is 16.1 Å². The minimum absolute atomic E-state index is 0.316. The van der Waals surface area contributed by atoms with Crippen molar-refractivity contribution in [2.75, 3.05) is 21.3 Å². The lowest BCUT2D eigenvalue weighted by atomic mass is 10.0. The molecule has 0 aliphatic carbocycles. The molecule has 0 amide bonds.